The van der Waals surface area contributed by atoms with Gasteiger partial charge in [-0.1, -0.05) is 12.1 Å². The van der Waals surface area contributed by atoms with Crippen molar-refractivity contribution in [2.45, 2.75) is 13.8 Å². The highest BCUT2D eigenvalue weighted by atomic mass is 16.4. The Bertz CT molecular complexity index is 670. The number of nitrogen functional groups attached to an aromatic ring is 1. The highest BCUT2D eigenvalue weighted by Crippen LogP contribution is 2.26. The van der Waals surface area contributed by atoms with Crippen LogP contribution < -0.4 is 5.73 Å². The molecule has 2 aromatic carbocycles. The summed E-state index contributed by atoms with van der Waals surface area (Å²) in [5.74, 6) is -1.02. The lowest BCUT2D eigenvalue weighted by molar-refractivity contribution is 0.0698. The topological polar surface area (TPSA) is 88.0 Å². The van der Waals surface area contributed by atoms with E-state index in [1.165, 1.54) is 6.07 Å². The number of aromatic carboxylic acids is 1. The molecule has 5 nitrogen and oxygen atoms in total. The molecule has 2 rings (SSSR count). The van der Waals surface area contributed by atoms with Crippen LogP contribution in [0.3, 0.4) is 0 Å². The molecule has 0 saturated carbocycles. The molecule has 2 aromatic rings. The van der Waals surface area contributed by atoms with Crippen LogP contribution in [0.1, 0.15) is 21.5 Å². The number of carboxylic acids is 1. The molecule has 0 aliphatic rings. The van der Waals surface area contributed by atoms with Gasteiger partial charge in [-0.25, -0.2) is 4.79 Å². The van der Waals surface area contributed by atoms with Gasteiger partial charge in [0.05, 0.1) is 11.3 Å². The number of benzene rings is 2. The van der Waals surface area contributed by atoms with E-state index in [0.29, 0.717) is 11.4 Å². The highest BCUT2D eigenvalue weighted by molar-refractivity contribution is 5.93. The van der Waals surface area contributed by atoms with Crippen molar-refractivity contribution < 1.29 is 9.90 Å². The summed E-state index contributed by atoms with van der Waals surface area (Å²) in [6.45, 7) is 3.79. The fourth-order valence-electron chi connectivity index (χ4n) is 1.86. The Hall–Kier alpha value is -2.69. The summed E-state index contributed by atoms with van der Waals surface area (Å²) in [5.41, 5.74) is 9.55. The molecule has 0 radical (unpaired) electrons. The Morgan fingerprint density at radius 3 is 2.30 bits per heavy atom. The van der Waals surface area contributed by atoms with Gasteiger partial charge in [-0.2, -0.15) is 5.11 Å². The van der Waals surface area contributed by atoms with Crippen molar-refractivity contribution in [3.05, 3.63) is 53.1 Å². The summed E-state index contributed by atoms with van der Waals surface area (Å²) in [4.78, 5) is 11.1. The third kappa shape index (κ3) is 2.83. The Balaban J connectivity index is 2.37. The number of hydrogen-bond acceptors (Lipinski definition) is 4. The molecule has 5 heteroatoms. The van der Waals surface area contributed by atoms with Gasteiger partial charge in [0, 0.05) is 5.69 Å². The minimum Gasteiger partial charge on any atom is -0.478 e. The zero-order valence-corrected chi connectivity index (χ0v) is 11.3. The van der Waals surface area contributed by atoms with E-state index < -0.39 is 5.97 Å². The first-order chi connectivity index (χ1) is 9.49. The average Bonchev–Trinajstić information content (AvgIpc) is 2.42. The molecule has 0 atom stereocenters. The Morgan fingerprint density at radius 1 is 1.10 bits per heavy atom. The molecule has 102 valence electrons. The maximum atomic E-state index is 11.1. The molecule has 20 heavy (non-hydrogen) atoms. The van der Waals surface area contributed by atoms with Crippen molar-refractivity contribution in [1.82, 2.24) is 0 Å². The minimum atomic E-state index is -1.02. The number of carboxylic acid groups (broad SMARTS) is 1. The summed E-state index contributed by atoms with van der Waals surface area (Å²) in [7, 11) is 0. The first-order valence-corrected chi connectivity index (χ1v) is 6.10. The number of carbonyl (C=O) groups is 1. The van der Waals surface area contributed by atoms with E-state index in [0.717, 1.165) is 16.8 Å². The zero-order valence-electron chi connectivity index (χ0n) is 11.3. The van der Waals surface area contributed by atoms with Gasteiger partial charge < -0.3 is 10.8 Å². The smallest absolute Gasteiger partial charge is 0.337 e. The second kappa shape index (κ2) is 5.52. The van der Waals surface area contributed by atoms with Crippen molar-refractivity contribution >= 4 is 23.0 Å². The molecule has 0 spiro atoms. The third-order valence-corrected chi connectivity index (χ3v) is 2.99. The van der Waals surface area contributed by atoms with Crippen molar-refractivity contribution in [3.63, 3.8) is 0 Å². The highest BCUT2D eigenvalue weighted by Gasteiger charge is 2.08. The van der Waals surface area contributed by atoms with Crippen LogP contribution in [0.15, 0.2) is 46.6 Å². The van der Waals surface area contributed by atoms with Crippen LogP contribution in [0, 0.1) is 13.8 Å². The molecule has 0 aliphatic heterocycles. The van der Waals surface area contributed by atoms with Crippen LogP contribution in [0.4, 0.5) is 17.1 Å². The van der Waals surface area contributed by atoms with Gasteiger partial charge in [-0.3, -0.25) is 0 Å². The van der Waals surface area contributed by atoms with Crippen molar-refractivity contribution in [2.24, 2.45) is 10.2 Å². The lowest BCUT2D eigenvalue weighted by atomic mass is 10.1. The number of azo groups is 1. The standard InChI is InChI=1S/C15H15N3O2/c1-9-7-11(8-10(2)14(9)16)17-18-13-6-4-3-5-12(13)15(19)20/h3-8H,16H2,1-2H3,(H,19,20). The number of nitrogens with zero attached hydrogens (tertiary/aromatic N) is 2. The van der Waals surface area contributed by atoms with E-state index in [2.05, 4.69) is 10.2 Å². The Morgan fingerprint density at radius 2 is 1.70 bits per heavy atom. The molecule has 0 heterocycles. The normalized spacial score (nSPS) is 10.9. The monoisotopic (exact) mass is 269 g/mol. The van der Waals surface area contributed by atoms with E-state index >= 15 is 0 Å². The van der Waals surface area contributed by atoms with Gasteiger partial charge in [0.15, 0.2) is 0 Å². The third-order valence-electron chi connectivity index (χ3n) is 2.99. The second-order valence-corrected chi connectivity index (χ2v) is 4.52. The molecule has 0 saturated heterocycles. The molecule has 0 aliphatic carbocycles. The van der Waals surface area contributed by atoms with E-state index in [1.807, 2.05) is 26.0 Å². The van der Waals surface area contributed by atoms with E-state index in [9.17, 15) is 4.79 Å². The Labute approximate surface area is 116 Å². The lowest BCUT2D eigenvalue weighted by Crippen LogP contribution is -1.95. The number of aryl methyl sites for hydroxylation is 2. The molecule has 3 N–H and O–H groups in total. The fourth-order valence-corrected chi connectivity index (χ4v) is 1.86. The summed E-state index contributed by atoms with van der Waals surface area (Å²) in [6, 6.07) is 10.1. The zero-order chi connectivity index (χ0) is 14.7. The van der Waals surface area contributed by atoms with Gasteiger partial charge >= 0.3 is 5.97 Å². The van der Waals surface area contributed by atoms with Gasteiger partial charge in [0.1, 0.15) is 5.69 Å². The quantitative estimate of drug-likeness (QED) is 0.652. The molecule has 0 unspecified atom stereocenters. The van der Waals surface area contributed by atoms with E-state index in [-0.39, 0.29) is 5.56 Å². The van der Waals surface area contributed by atoms with Crippen molar-refractivity contribution in [2.75, 3.05) is 5.73 Å². The van der Waals surface area contributed by atoms with Crippen molar-refractivity contribution in [1.29, 1.82) is 0 Å². The van der Waals surface area contributed by atoms with Crippen LogP contribution in [0.5, 0.6) is 0 Å². The lowest BCUT2D eigenvalue weighted by Gasteiger charge is -2.05. The summed E-state index contributed by atoms with van der Waals surface area (Å²) >= 11 is 0. The SMILES string of the molecule is Cc1cc(N=Nc2ccccc2C(=O)O)cc(C)c1N. The molecule has 0 aromatic heterocycles. The van der Waals surface area contributed by atoms with Gasteiger partial charge in [-0.05, 0) is 49.2 Å². The molecular formula is C15H15N3O2. The fraction of sp³-hybridized carbons (Fsp3) is 0.133. The largest absolute Gasteiger partial charge is 0.478 e. The maximum Gasteiger partial charge on any atom is 0.337 e. The van der Waals surface area contributed by atoms with Gasteiger partial charge in [0.2, 0.25) is 0 Å². The summed E-state index contributed by atoms with van der Waals surface area (Å²) in [5, 5.41) is 17.2. The first-order valence-electron chi connectivity index (χ1n) is 6.10. The van der Waals surface area contributed by atoms with Crippen LogP contribution in [0.2, 0.25) is 0 Å². The van der Waals surface area contributed by atoms with E-state index in [4.69, 9.17) is 10.8 Å². The number of hydrogen-bond donors (Lipinski definition) is 2. The van der Waals surface area contributed by atoms with E-state index in [1.54, 1.807) is 18.2 Å². The van der Waals surface area contributed by atoms with Crippen molar-refractivity contribution in [3.8, 4) is 0 Å². The average molecular weight is 269 g/mol. The van der Waals surface area contributed by atoms with Crippen LogP contribution in [-0.4, -0.2) is 11.1 Å². The van der Waals surface area contributed by atoms with Gasteiger partial charge in [0.25, 0.3) is 0 Å². The summed E-state index contributed by atoms with van der Waals surface area (Å²) < 4.78 is 0. The molecular weight excluding hydrogens is 254 g/mol. The minimum absolute atomic E-state index is 0.125. The first kappa shape index (κ1) is 13.7. The molecule has 0 amide bonds. The van der Waals surface area contributed by atoms with Crippen LogP contribution >= 0.6 is 0 Å². The predicted molar refractivity (Wildman–Crippen MR) is 77.9 cm³/mol. The number of anilines is 1. The molecule has 0 fully saturated rings. The maximum absolute atomic E-state index is 11.1. The number of rotatable bonds is 3. The van der Waals surface area contributed by atoms with Gasteiger partial charge in [-0.15, -0.1) is 5.11 Å². The predicted octanol–water partition coefficient (Wildman–Crippen LogP) is 4.00. The Kier molecular flexibility index (Phi) is 3.79. The summed E-state index contributed by atoms with van der Waals surface area (Å²) in [6.07, 6.45) is 0. The molecule has 0 bridgehead atoms. The second-order valence-electron chi connectivity index (χ2n) is 4.52. The van der Waals surface area contributed by atoms with Crippen LogP contribution in [-0.2, 0) is 0 Å². The number of nitrogens with two attached hydrogens (primary N) is 1. The van der Waals surface area contributed by atoms with Crippen LogP contribution in [0.25, 0.3) is 0 Å².